The zero-order valence-corrected chi connectivity index (χ0v) is 6.99. The lowest BCUT2D eigenvalue weighted by Gasteiger charge is -2.26. The van der Waals surface area contributed by atoms with E-state index in [4.69, 9.17) is 11.7 Å². The van der Waals surface area contributed by atoms with Gasteiger partial charge in [-0.3, -0.25) is 0 Å². The van der Waals surface area contributed by atoms with Crippen LogP contribution in [0.25, 0.3) is 0 Å². The van der Waals surface area contributed by atoms with Crippen molar-refractivity contribution >= 4 is 0 Å². The van der Waals surface area contributed by atoms with E-state index >= 15 is 0 Å². The number of ether oxygens (including phenoxy) is 1. The van der Waals surface area contributed by atoms with Crippen LogP contribution in [0.4, 0.5) is 0 Å². The molecule has 0 saturated heterocycles. The van der Waals surface area contributed by atoms with Gasteiger partial charge in [0.15, 0.2) is 0 Å². The van der Waals surface area contributed by atoms with Crippen LogP contribution in [-0.4, -0.2) is 6.10 Å². The molecule has 1 aliphatic rings. The van der Waals surface area contributed by atoms with Crippen molar-refractivity contribution in [2.45, 2.75) is 25.4 Å². The van der Waals surface area contributed by atoms with E-state index in [9.17, 15) is 0 Å². The molecule has 1 aliphatic carbocycles. The normalized spacial score (nSPS) is 17.1. The van der Waals surface area contributed by atoms with Crippen molar-refractivity contribution in [3.05, 3.63) is 36.8 Å². The molecule has 1 aromatic rings. The molecule has 0 aliphatic heterocycles. The van der Waals surface area contributed by atoms with Gasteiger partial charge in [-0.15, -0.1) is 0 Å². The van der Waals surface area contributed by atoms with Crippen LogP contribution in [-0.2, 0) is 0 Å². The van der Waals surface area contributed by atoms with E-state index in [1.54, 1.807) is 0 Å². The van der Waals surface area contributed by atoms with Crippen LogP contribution >= 0.6 is 0 Å². The van der Waals surface area contributed by atoms with E-state index in [1.807, 2.05) is 24.3 Å². The van der Waals surface area contributed by atoms with Gasteiger partial charge in [-0.1, -0.05) is 12.1 Å². The van der Waals surface area contributed by atoms with Crippen molar-refractivity contribution < 1.29 is 4.74 Å². The van der Waals surface area contributed by atoms with E-state index in [0.29, 0.717) is 6.10 Å². The largest absolute Gasteiger partial charge is 0.490 e. The summed E-state index contributed by atoms with van der Waals surface area (Å²) in [6.07, 6.45) is 4.11. The minimum atomic E-state index is 0.437. The number of hydrogen-bond acceptors (Lipinski definition) is 1. The number of hydrogen-bond donors (Lipinski definition) is 0. The van der Waals surface area contributed by atoms with E-state index in [0.717, 1.165) is 11.3 Å². The average molecular weight is 160 g/mol. The Bertz CT molecular complexity index is 263. The van der Waals surface area contributed by atoms with E-state index in [2.05, 4.69) is 0 Å². The standard InChI is InChI=1S/C11H12O/c1-9-4-2-7-11(8-9)12-10-5-3-6-10/h1-2,4,7-8,10H,3,5-6H2. The Kier molecular flexibility index (Phi) is 2.03. The summed E-state index contributed by atoms with van der Waals surface area (Å²) in [6.45, 7) is 5.61. The molecule has 0 aromatic heterocycles. The zero-order chi connectivity index (χ0) is 8.39. The van der Waals surface area contributed by atoms with Gasteiger partial charge in [-0.25, -0.2) is 0 Å². The highest BCUT2D eigenvalue weighted by Gasteiger charge is 2.18. The fraction of sp³-hybridized carbons (Fsp3) is 0.364. The fourth-order valence-electron chi connectivity index (χ4n) is 1.27. The molecule has 62 valence electrons. The summed E-state index contributed by atoms with van der Waals surface area (Å²) in [4.78, 5) is 0. The first-order valence-corrected chi connectivity index (χ1v) is 4.37. The van der Waals surface area contributed by atoms with Crippen molar-refractivity contribution in [1.82, 2.24) is 0 Å². The number of benzene rings is 1. The molecule has 0 atom stereocenters. The smallest absolute Gasteiger partial charge is 0.120 e. The molecule has 2 rings (SSSR count). The van der Waals surface area contributed by atoms with E-state index in [-0.39, 0.29) is 0 Å². The average Bonchev–Trinajstić information content (AvgIpc) is 1.97. The Morgan fingerprint density at radius 1 is 1.33 bits per heavy atom. The minimum Gasteiger partial charge on any atom is -0.490 e. The molecule has 0 unspecified atom stereocenters. The van der Waals surface area contributed by atoms with Crippen molar-refractivity contribution in [2.75, 3.05) is 0 Å². The molecule has 0 heterocycles. The van der Waals surface area contributed by atoms with Gasteiger partial charge < -0.3 is 4.74 Å². The van der Waals surface area contributed by atoms with Crippen LogP contribution in [0.15, 0.2) is 24.3 Å². The SMILES string of the molecule is [CH]c1cccc(OC2CCC2)c1. The predicted octanol–water partition coefficient (Wildman–Crippen LogP) is 2.68. The maximum Gasteiger partial charge on any atom is 0.120 e. The zero-order valence-electron chi connectivity index (χ0n) is 6.99. The Morgan fingerprint density at radius 2 is 2.17 bits per heavy atom. The highest BCUT2D eigenvalue weighted by atomic mass is 16.5. The molecule has 0 N–H and O–H groups in total. The minimum absolute atomic E-state index is 0.437. The molecular formula is C11H12O. The highest BCUT2D eigenvalue weighted by Crippen LogP contribution is 2.25. The Morgan fingerprint density at radius 3 is 2.75 bits per heavy atom. The third-order valence-corrected chi connectivity index (χ3v) is 2.21. The van der Waals surface area contributed by atoms with Crippen molar-refractivity contribution in [3.63, 3.8) is 0 Å². The predicted molar refractivity (Wildman–Crippen MR) is 48.1 cm³/mol. The van der Waals surface area contributed by atoms with Crippen LogP contribution in [0.1, 0.15) is 24.8 Å². The van der Waals surface area contributed by atoms with Gasteiger partial charge >= 0.3 is 0 Å². The van der Waals surface area contributed by atoms with Crippen LogP contribution in [0.3, 0.4) is 0 Å². The lowest BCUT2D eigenvalue weighted by molar-refractivity contribution is 0.120. The number of rotatable bonds is 2. The summed E-state index contributed by atoms with van der Waals surface area (Å²) in [5.41, 5.74) is 0.770. The third kappa shape index (κ3) is 1.60. The molecular weight excluding hydrogens is 148 g/mol. The van der Waals surface area contributed by atoms with Crippen LogP contribution in [0.5, 0.6) is 5.75 Å². The second kappa shape index (κ2) is 3.18. The molecule has 12 heavy (non-hydrogen) atoms. The summed E-state index contributed by atoms with van der Waals surface area (Å²) in [5, 5.41) is 0. The monoisotopic (exact) mass is 160 g/mol. The molecule has 0 amide bonds. The van der Waals surface area contributed by atoms with Gasteiger partial charge in [0.25, 0.3) is 0 Å². The summed E-state index contributed by atoms with van der Waals surface area (Å²) in [7, 11) is 0. The quantitative estimate of drug-likeness (QED) is 0.646. The molecule has 1 heteroatoms. The van der Waals surface area contributed by atoms with Crippen LogP contribution in [0, 0.1) is 6.92 Å². The summed E-state index contributed by atoms with van der Waals surface area (Å²) < 4.78 is 5.65. The first-order chi connectivity index (χ1) is 5.84. The molecule has 1 saturated carbocycles. The molecule has 2 radical (unpaired) electrons. The lowest BCUT2D eigenvalue weighted by atomic mass is 9.96. The van der Waals surface area contributed by atoms with Crippen molar-refractivity contribution in [3.8, 4) is 5.75 Å². The first kappa shape index (κ1) is 7.66. The second-order valence-electron chi connectivity index (χ2n) is 3.24. The van der Waals surface area contributed by atoms with Gasteiger partial charge in [0, 0.05) is 0 Å². The van der Waals surface area contributed by atoms with Gasteiger partial charge in [0.05, 0.1) is 6.10 Å². The third-order valence-electron chi connectivity index (χ3n) is 2.21. The van der Waals surface area contributed by atoms with Crippen molar-refractivity contribution in [2.24, 2.45) is 0 Å². The second-order valence-corrected chi connectivity index (χ2v) is 3.24. The summed E-state index contributed by atoms with van der Waals surface area (Å²) in [5.74, 6) is 0.903. The molecule has 1 nitrogen and oxygen atoms in total. The summed E-state index contributed by atoms with van der Waals surface area (Å²) in [6, 6.07) is 7.62. The van der Waals surface area contributed by atoms with Crippen LogP contribution < -0.4 is 4.74 Å². The molecule has 1 aromatic carbocycles. The highest BCUT2D eigenvalue weighted by molar-refractivity contribution is 5.30. The van der Waals surface area contributed by atoms with Gasteiger partial charge in [0.1, 0.15) is 5.75 Å². The molecule has 0 spiro atoms. The fourth-order valence-corrected chi connectivity index (χ4v) is 1.27. The maximum absolute atomic E-state index is 5.65. The van der Waals surface area contributed by atoms with E-state index < -0.39 is 0 Å². The Labute approximate surface area is 73.4 Å². The van der Waals surface area contributed by atoms with Crippen LogP contribution in [0.2, 0.25) is 0 Å². The maximum atomic E-state index is 5.65. The molecule has 0 bridgehead atoms. The molecule has 1 fully saturated rings. The van der Waals surface area contributed by atoms with Gasteiger partial charge in [-0.2, -0.15) is 0 Å². The van der Waals surface area contributed by atoms with Gasteiger partial charge in [0.2, 0.25) is 0 Å². The van der Waals surface area contributed by atoms with E-state index in [1.165, 1.54) is 19.3 Å². The summed E-state index contributed by atoms with van der Waals surface area (Å²) >= 11 is 0. The topological polar surface area (TPSA) is 9.23 Å². The Balaban J connectivity index is 2.02. The first-order valence-electron chi connectivity index (χ1n) is 4.37. The Hall–Kier alpha value is -0.980. The van der Waals surface area contributed by atoms with Gasteiger partial charge in [-0.05, 0) is 43.9 Å². The lowest BCUT2D eigenvalue weighted by Crippen LogP contribution is -2.24. The van der Waals surface area contributed by atoms with Crippen molar-refractivity contribution in [1.29, 1.82) is 0 Å².